The van der Waals surface area contributed by atoms with Crippen LogP contribution in [0.1, 0.15) is 40.5 Å². The summed E-state index contributed by atoms with van der Waals surface area (Å²) in [7, 11) is 0. The van der Waals surface area contributed by atoms with E-state index in [2.05, 4.69) is 24.0 Å². The molecule has 1 saturated heterocycles. The molecule has 0 aromatic carbocycles. The van der Waals surface area contributed by atoms with Crippen LogP contribution in [0.25, 0.3) is 0 Å². The summed E-state index contributed by atoms with van der Waals surface area (Å²) < 4.78 is 5.33. The van der Waals surface area contributed by atoms with Crippen LogP contribution in [0.2, 0.25) is 0 Å². The molecule has 5 heteroatoms. The van der Waals surface area contributed by atoms with Crippen LogP contribution < -0.4 is 5.32 Å². The molecule has 1 amide bonds. The van der Waals surface area contributed by atoms with E-state index in [-0.39, 0.29) is 11.4 Å². The van der Waals surface area contributed by atoms with Crippen molar-refractivity contribution in [3.63, 3.8) is 0 Å². The van der Waals surface area contributed by atoms with E-state index in [1.54, 1.807) is 0 Å². The second kappa shape index (κ2) is 6.65. The molecular weight excluding hydrogens is 278 g/mol. The first-order valence-corrected chi connectivity index (χ1v) is 7.88. The Labute approximate surface area is 133 Å². The van der Waals surface area contributed by atoms with Crippen molar-refractivity contribution in [2.45, 2.75) is 46.1 Å². The van der Waals surface area contributed by atoms with Gasteiger partial charge in [0, 0.05) is 29.8 Å². The molecule has 0 bridgehead atoms. The highest BCUT2D eigenvalue weighted by Gasteiger charge is 2.38. The maximum absolute atomic E-state index is 12.9. The zero-order valence-corrected chi connectivity index (χ0v) is 14.2. The summed E-state index contributed by atoms with van der Waals surface area (Å²) in [6.45, 7) is 14.2. The average molecular weight is 305 g/mol. The molecule has 122 valence electrons. The number of morpholine rings is 1. The summed E-state index contributed by atoms with van der Waals surface area (Å²) >= 11 is 0. The van der Waals surface area contributed by atoms with Gasteiger partial charge in [0.25, 0.3) is 5.91 Å². The van der Waals surface area contributed by atoms with E-state index in [0.717, 1.165) is 35.4 Å². The fraction of sp³-hybridized carbons (Fsp3) is 0.647. The Balaban J connectivity index is 2.27. The van der Waals surface area contributed by atoms with Gasteiger partial charge in [-0.05, 0) is 47.3 Å². The van der Waals surface area contributed by atoms with Crippen LogP contribution in [-0.2, 0) is 9.53 Å². The summed E-state index contributed by atoms with van der Waals surface area (Å²) in [5.41, 5.74) is 2.71. The highest BCUT2D eigenvalue weighted by atomic mass is 16.5. The van der Waals surface area contributed by atoms with Gasteiger partial charge in [0.2, 0.25) is 0 Å². The number of hydrogen-bond acceptors (Lipinski definition) is 4. The lowest BCUT2D eigenvalue weighted by atomic mass is 10.0. The summed E-state index contributed by atoms with van der Waals surface area (Å²) in [4.78, 5) is 18.9. The number of nitrogens with one attached hydrogen (secondary N) is 1. The van der Waals surface area contributed by atoms with Gasteiger partial charge in [-0.3, -0.25) is 4.79 Å². The molecule has 1 heterocycles. The van der Waals surface area contributed by atoms with Gasteiger partial charge in [0.15, 0.2) is 0 Å². The Morgan fingerprint density at radius 2 is 1.82 bits per heavy atom. The van der Waals surface area contributed by atoms with Crippen LogP contribution in [0.3, 0.4) is 0 Å². The molecular formula is C17H27N3O2. The Morgan fingerprint density at radius 3 is 2.27 bits per heavy atom. The number of aliphatic imine (C=N–C) groups is 1. The molecule has 0 aromatic rings. The van der Waals surface area contributed by atoms with E-state index in [1.807, 2.05) is 25.7 Å². The number of ether oxygens (including phenoxy) is 1. The molecule has 0 aromatic heterocycles. The lowest BCUT2D eigenvalue weighted by Gasteiger charge is -2.29. The van der Waals surface area contributed by atoms with E-state index in [1.165, 1.54) is 0 Å². The molecule has 2 rings (SSSR count). The largest absolute Gasteiger partial charge is 0.378 e. The second-order valence-corrected chi connectivity index (χ2v) is 6.60. The minimum Gasteiger partial charge on any atom is -0.378 e. The molecule has 5 nitrogen and oxygen atoms in total. The van der Waals surface area contributed by atoms with Gasteiger partial charge < -0.3 is 15.0 Å². The molecule has 2 fully saturated rings. The highest BCUT2D eigenvalue weighted by Crippen LogP contribution is 2.36. The van der Waals surface area contributed by atoms with Gasteiger partial charge in [0.1, 0.15) is 5.82 Å². The normalized spacial score (nSPS) is 20.8. The lowest BCUT2D eigenvalue weighted by Crippen LogP contribution is -2.42. The van der Waals surface area contributed by atoms with Gasteiger partial charge in [-0.15, -0.1) is 0 Å². The van der Waals surface area contributed by atoms with Crippen LogP contribution in [0.5, 0.6) is 0 Å². The predicted octanol–water partition coefficient (Wildman–Crippen LogP) is 2.26. The highest BCUT2D eigenvalue weighted by molar-refractivity contribution is 5.98. The SMILES string of the molecule is C=N/C(NC1(C)CC1)=C(\C)C(C(=O)N1CCOCC1)=C(C)C. The molecule has 1 aliphatic carbocycles. The van der Waals surface area contributed by atoms with E-state index >= 15 is 0 Å². The van der Waals surface area contributed by atoms with Crippen LogP contribution >= 0.6 is 0 Å². The quantitative estimate of drug-likeness (QED) is 0.481. The van der Waals surface area contributed by atoms with Gasteiger partial charge in [-0.1, -0.05) is 5.57 Å². The third kappa shape index (κ3) is 3.77. The van der Waals surface area contributed by atoms with Crippen LogP contribution in [0.4, 0.5) is 0 Å². The number of hydrogen-bond donors (Lipinski definition) is 1. The van der Waals surface area contributed by atoms with E-state index < -0.39 is 0 Å². The van der Waals surface area contributed by atoms with Crippen LogP contribution in [0.15, 0.2) is 27.5 Å². The van der Waals surface area contributed by atoms with Crippen molar-refractivity contribution >= 4 is 12.6 Å². The first-order valence-electron chi connectivity index (χ1n) is 7.88. The molecule has 0 unspecified atom stereocenters. The summed E-state index contributed by atoms with van der Waals surface area (Å²) in [5.74, 6) is 0.780. The number of carbonyl (C=O) groups is 1. The van der Waals surface area contributed by atoms with E-state index in [4.69, 9.17) is 4.74 Å². The molecule has 2 aliphatic rings. The van der Waals surface area contributed by atoms with Gasteiger partial charge >= 0.3 is 0 Å². The number of amides is 1. The summed E-state index contributed by atoms with van der Waals surface area (Å²) in [6, 6.07) is 0. The van der Waals surface area contributed by atoms with Crippen molar-refractivity contribution in [3.05, 3.63) is 22.5 Å². The number of nitrogens with zero attached hydrogens (tertiary/aromatic N) is 2. The molecule has 1 aliphatic heterocycles. The third-order valence-corrected chi connectivity index (χ3v) is 4.32. The maximum Gasteiger partial charge on any atom is 0.254 e. The topological polar surface area (TPSA) is 53.9 Å². The fourth-order valence-electron chi connectivity index (χ4n) is 2.64. The van der Waals surface area contributed by atoms with Crippen molar-refractivity contribution in [2.75, 3.05) is 26.3 Å². The molecule has 22 heavy (non-hydrogen) atoms. The van der Waals surface area contributed by atoms with Gasteiger partial charge in [0.05, 0.1) is 13.2 Å². The fourth-order valence-corrected chi connectivity index (χ4v) is 2.64. The third-order valence-electron chi connectivity index (χ3n) is 4.32. The first kappa shape index (κ1) is 16.7. The molecule has 1 saturated carbocycles. The Morgan fingerprint density at radius 1 is 1.23 bits per heavy atom. The smallest absolute Gasteiger partial charge is 0.254 e. The Kier molecular flexibility index (Phi) is 5.06. The minimum absolute atomic E-state index is 0.0599. The molecule has 0 radical (unpaired) electrons. The summed E-state index contributed by atoms with van der Waals surface area (Å²) in [5, 5.41) is 3.43. The van der Waals surface area contributed by atoms with E-state index in [9.17, 15) is 4.79 Å². The minimum atomic E-state index is 0.0599. The van der Waals surface area contributed by atoms with Crippen LogP contribution in [0, 0.1) is 0 Å². The van der Waals surface area contributed by atoms with Crippen molar-refractivity contribution in [2.24, 2.45) is 4.99 Å². The standard InChI is InChI=1S/C17H27N3O2/c1-12(2)14(16(21)20-8-10-22-11-9-20)13(3)15(18-5)19-17(4)6-7-17/h19H,5-11H2,1-4H3/b15-13-. The molecule has 0 atom stereocenters. The average Bonchev–Trinajstić information content (AvgIpc) is 3.23. The Hall–Kier alpha value is -1.62. The second-order valence-electron chi connectivity index (χ2n) is 6.60. The predicted molar refractivity (Wildman–Crippen MR) is 88.8 cm³/mol. The van der Waals surface area contributed by atoms with E-state index in [0.29, 0.717) is 26.3 Å². The summed E-state index contributed by atoms with van der Waals surface area (Å²) in [6.07, 6.45) is 2.25. The van der Waals surface area contributed by atoms with Crippen LogP contribution in [-0.4, -0.2) is 49.4 Å². The monoisotopic (exact) mass is 305 g/mol. The van der Waals surface area contributed by atoms with Gasteiger partial charge in [-0.25, -0.2) is 4.99 Å². The van der Waals surface area contributed by atoms with Gasteiger partial charge in [-0.2, -0.15) is 0 Å². The van der Waals surface area contributed by atoms with Crippen molar-refractivity contribution in [1.82, 2.24) is 10.2 Å². The number of rotatable bonds is 5. The number of carbonyl (C=O) groups excluding carboxylic acids is 1. The number of allylic oxidation sites excluding steroid dienone is 1. The zero-order chi connectivity index (χ0) is 16.3. The maximum atomic E-state index is 12.9. The zero-order valence-electron chi connectivity index (χ0n) is 14.2. The molecule has 1 N–H and O–H groups in total. The first-order chi connectivity index (χ1) is 10.4. The van der Waals surface area contributed by atoms with Crippen molar-refractivity contribution in [3.8, 4) is 0 Å². The molecule has 0 spiro atoms. The Bertz CT molecular complexity index is 520. The lowest BCUT2D eigenvalue weighted by molar-refractivity contribution is -0.130. The van der Waals surface area contributed by atoms with Crippen molar-refractivity contribution < 1.29 is 9.53 Å². The van der Waals surface area contributed by atoms with Crippen molar-refractivity contribution in [1.29, 1.82) is 0 Å².